The zero-order valence-electron chi connectivity index (χ0n) is 1.78. The van der Waals surface area contributed by atoms with Crippen molar-refractivity contribution in [1.82, 2.24) is 0 Å². The van der Waals surface area contributed by atoms with Crippen LogP contribution in [0.1, 0.15) is 0 Å². The van der Waals surface area contributed by atoms with Gasteiger partial charge in [-0.2, -0.15) is 0 Å². The van der Waals surface area contributed by atoms with Crippen molar-refractivity contribution in [3.8, 4) is 0 Å². The summed E-state index contributed by atoms with van der Waals surface area (Å²) in [6.45, 7) is 0. The van der Waals surface area contributed by atoms with Gasteiger partial charge in [0.15, 0.2) is 0 Å². The fraction of sp³-hybridized carbons (Fsp3) is 0. The van der Waals surface area contributed by atoms with E-state index in [1.54, 1.807) is 0 Å². The normalized spacial score (nSPS) is 0. The van der Waals surface area contributed by atoms with Gasteiger partial charge in [-0.3, -0.25) is 0 Å². The quantitative estimate of drug-likeness (QED) is 0.435. The zero-order valence-corrected chi connectivity index (χ0v) is 8.36. The van der Waals surface area contributed by atoms with Gasteiger partial charge in [0.25, 0.3) is 0 Å². The van der Waals surface area contributed by atoms with Gasteiger partial charge in [-0.05, 0) is 0 Å². The molecular formula is H4AlBaMgZnZr. The van der Waals surface area contributed by atoms with Crippen LogP contribution in [-0.4, -0.2) is 89.3 Å². The molecule has 0 fully saturated rings. The average molecular weight is 349 g/mol. The van der Waals surface area contributed by atoms with E-state index in [0.29, 0.717) is 0 Å². The molecule has 0 amide bonds. The topological polar surface area (TPSA) is 0 Å². The van der Waals surface area contributed by atoms with Gasteiger partial charge >= 0.3 is 71.9 Å². The van der Waals surface area contributed by atoms with Gasteiger partial charge < -0.3 is 0 Å². The molecule has 0 aliphatic rings. The van der Waals surface area contributed by atoms with Crippen LogP contribution in [0.4, 0.5) is 0 Å². The van der Waals surface area contributed by atoms with Gasteiger partial charge in [0.05, 0.1) is 0 Å². The third kappa shape index (κ3) is 17.8. The van der Waals surface area contributed by atoms with Crippen LogP contribution in [0, 0.1) is 0 Å². The van der Waals surface area contributed by atoms with Gasteiger partial charge in [-0.25, -0.2) is 0 Å². The third-order valence-electron chi connectivity index (χ3n) is 0. The molecule has 3 radical (unpaired) electrons. The maximum atomic E-state index is 0. The summed E-state index contributed by atoms with van der Waals surface area (Å²) in [7, 11) is 0. The molecule has 0 unspecified atom stereocenters. The summed E-state index contributed by atoms with van der Waals surface area (Å²) in [4.78, 5) is 0. The van der Waals surface area contributed by atoms with Gasteiger partial charge in [0, 0.05) is 63.0 Å². The summed E-state index contributed by atoms with van der Waals surface area (Å²) in [5.74, 6) is 0. The molecule has 0 spiro atoms. The first-order valence-corrected chi connectivity index (χ1v) is 0. The first-order chi connectivity index (χ1) is 0. The SMILES string of the molecule is [Al].[BaH2].[MgH2].[Zn].[Zr]. The molecule has 0 saturated heterocycles. The van der Waals surface area contributed by atoms with E-state index in [1.807, 2.05) is 0 Å². The summed E-state index contributed by atoms with van der Waals surface area (Å²) in [5, 5.41) is 0. The Balaban J connectivity index is 0. The van der Waals surface area contributed by atoms with Crippen molar-refractivity contribution in [3.05, 3.63) is 0 Å². The number of rotatable bonds is 0. The second-order valence-electron chi connectivity index (χ2n) is 0. The minimum Gasteiger partial charge on any atom is 0 e. The minimum atomic E-state index is 0. The molecule has 5 heavy (non-hydrogen) atoms. The number of hydrogen-bond donors (Lipinski definition) is 0. The molecule has 0 N–H and O–H groups in total. The van der Waals surface area contributed by atoms with Crippen molar-refractivity contribution in [2.45, 2.75) is 0 Å². The van der Waals surface area contributed by atoms with Crippen LogP contribution in [0.15, 0.2) is 0 Å². The molecular weight excluding hydrogens is 345 g/mol. The Kier molecular flexibility index (Phi) is 163. The van der Waals surface area contributed by atoms with Gasteiger partial charge in [0.2, 0.25) is 0 Å². The van der Waals surface area contributed by atoms with Gasteiger partial charge in [0.1, 0.15) is 0 Å². The van der Waals surface area contributed by atoms with Crippen molar-refractivity contribution < 1.29 is 45.7 Å². The van der Waals surface area contributed by atoms with Crippen molar-refractivity contribution in [2.75, 3.05) is 0 Å². The fourth-order valence-electron chi connectivity index (χ4n) is 0. The molecule has 5 heteroatoms. The summed E-state index contributed by atoms with van der Waals surface area (Å²) >= 11 is 0. The van der Waals surface area contributed by atoms with Crippen molar-refractivity contribution in [3.63, 3.8) is 0 Å². The van der Waals surface area contributed by atoms with Crippen LogP contribution in [0.3, 0.4) is 0 Å². The minimum absolute atomic E-state index is 0. The first-order valence-electron chi connectivity index (χ1n) is 0. The molecule has 0 nitrogen and oxygen atoms in total. The second-order valence-corrected chi connectivity index (χ2v) is 0. The average Bonchev–Trinajstić information content (AvgIpc) is 0. The van der Waals surface area contributed by atoms with Crippen LogP contribution >= 0.6 is 0 Å². The standard InChI is InChI=1S/Al.Ba.Mg.Zn.Zr.4H. The monoisotopic (exact) mass is 347 g/mol. The molecule has 0 aromatic heterocycles. The Labute approximate surface area is 131 Å². The van der Waals surface area contributed by atoms with E-state index in [2.05, 4.69) is 0 Å². The van der Waals surface area contributed by atoms with Crippen molar-refractivity contribution in [1.29, 1.82) is 0 Å². The predicted molar refractivity (Wildman–Crippen MR) is 22.8 cm³/mol. The van der Waals surface area contributed by atoms with E-state index in [-0.39, 0.29) is 135 Å². The third-order valence-corrected chi connectivity index (χ3v) is 0. The van der Waals surface area contributed by atoms with E-state index >= 15 is 0 Å². The fourth-order valence-corrected chi connectivity index (χ4v) is 0. The van der Waals surface area contributed by atoms with Gasteiger partial charge in [-0.15, -0.1) is 0 Å². The predicted octanol–water partition coefficient (Wildman–Crippen LogP) is -2.22. The molecule has 0 aliphatic carbocycles. The van der Waals surface area contributed by atoms with Gasteiger partial charge in [-0.1, -0.05) is 0 Å². The molecule has 0 aliphatic heterocycles. The Morgan fingerprint density at radius 1 is 1.00 bits per heavy atom. The Bertz CT molecular complexity index is 11.6. The Morgan fingerprint density at radius 3 is 1.00 bits per heavy atom. The summed E-state index contributed by atoms with van der Waals surface area (Å²) in [6.07, 6.45) is 0. The van der Waals surface area contributed by atoms with E-state index in [4.69, 9.17) is 0 Å². The summed E-state index contributed by atoms with van der Waals surface area (Å²) < 4.78 is 0. The Hall–Kier alpha value is 4.38. The van der Waals surface area contributed by atoms with Crippen LogP contribution in [0.2, 0.25) is 0 Å². The van der Waals surface area contributed by atoms with Crippen LogP contribution in [0.25, 0.3) is 0 Å². The van der Waals surface area contributed by atoms with E-state index in [0.717, 1.165) is 0 Å². The maximum absolute atomic E-state index is 0. The van der Waals surface area contributed by atoms with E-state index in [9.17, 15) is 0 Å². The van der Waals surface area contributed by atoms with E-state index in [1.165, 1.54) is 0 Å². The molecule has 0 aromatic rings. The molecule has 0 atom stereocenters. The summed E-state index contributed by atoms with van der Waals surface area (Å²) in [5.41, 5.74) is 0. The molecule has 17 valence electrons. The molecule has 0 aromatic carbocycles. The molecule has 0 bridgehead atoms. The van der Waals surface area contributed by atoms with Crippen LogP contribution in [-0.2, 0) is 45.7 Å². The van der Waals surface area contributed by atoms with Crippen LogP contribution < -0.4 is 0 Å². The molecule has 0 rings (SSSR count). The molecule has 0 saturated carbocycles. The van der Waals surface area contributed by atoms with Crippen LogP contribution in [0.5, 0.6) is 0 Å². The van der Waals surface area contributed by atoms with Crippen molar-refractivity contribution in [2.24, 2.45) is 0 Å². The van der Waals surface area contributed by atoms with Crippen molar-refractivity contribution >= 4 is 89.3 Å². The largest absolute Gasteiger partial charge is 0.316 e. The summed E-state index contributed by atoms with van der Waals surface area (Å²) in [6, 6.07) is 0. The molecule has 0 heterocycles. The second kappa shape index (κ2) is 23.8. The smallest absolute Gasteiger partial charge is 0 e. The number of hydrogen-bond acceptors (Lipinski definition) is 0. The zero-order chi connectivity index (χ0) is 0. The van der Waals surface area contributed by atoms with E-state index < -0.39 is 0 Å². The Morgan fingerprint density at radius 2 is 1.00 bits per heavy atom. The maximum Gasteiger partial charge on any atom is 0.316 e. The first kappa shape index (κ1) is 34.3.